The molecular weight excluding hydrogens is 354 g/mol. The number of benzene rings is 1. The number of carbonyl (C=O) groups is 1. The Morgan fingerprint density at radius 3 is 2.64 bits per heavy atom. The highest BCUT2D eigenvalue weighted by Crippen LogP contribution is 2.25. The number of hydrogen-bond donors (Lipinski definition) is 2. The van der Waals surface area contributed by atoms with Crippen molar-refractivity contribution in [2.45, 2.75) is 19.4 Å². The lowest BCUT2D eigenvalue weighted by Gasteiger charge is -2.08. The van der Waals surface area contributed by atoms with Crippen molar-refractivity contribution in [3.05, 3.63) is 78.4 Å². The van der Waals surface area contributed by atoms with E-state index in [0.717, 1.165) is 33.8 Å². The molecule has 3 heterocycles. The van der Waals surface area contributed by atoms with E-state index in [4.69, 9.17) is 5.11 Å². The van der Waals surface area contributed by atoms with Crippen molar-refractivity contribution >= 4 is 17.4 Å². The smallest absolute Gasteiger partial charge is 0.303 e. The third-order valence-corrected chi connectivity index (χ3v) is 4.47. The maximum absolute atomic E-state index is 10.7. The van der Waals surface area contributed by atoms with Crippen molar-refractivity contribution in [1.82, 2.24) is 19.6 Å². The van der Waals surface area contributed by atoms with Crippen molar-refractivity contribution in [2.24, 2.45) is 0 Å². The number of carboxylic acids is 1. The van der Waals surface area contributed by atoms with Crippen LogP contribution in [0.3, 0.4) is 0 Å². The van der Waals surface area contributed by atoms with Gasteiger partial charge in [-0.25, -0.2) is 4.98 Å². The van der Waals surface area contributed by atoms with Gasteiger partial charge in [-0.3, -0.25) is 9.78 Å². The van der Waals surface area contributed by atoms with Crippen molar-refractivity contribution in [3.8, 4) is 11.1 Å². The van der Waals surface area contributed by atoms with Crippen molar-refractivity contribution in [3.63, 3.8) is 0 Å². The first-order chi connectivity index (χ1) is 13.7. The first kappa shape index (κ1) is 17.7. The molecule has 0 aliphatic rings. The van der Waals surface area contributed by atoms with Crippen LogP contribution in [0.2, 0.25) is 0 Å². The number of fused-ring (bicyclic) bond motifs is 1. The van der Waals surface area contributed by atoms with Gasteiger partial charge in [0.2, 0.25) is 0 Å². The number of aromatic nitrogens is 4. The molecule has 0 radical (unpaired) electrons. The normalized spacial score (nSPS) is 10.9. The second-order valence-electron chi connectivity index (χ2n) is 6.39. The monoisotopic (exact) mass is 373 g/mol. The first-order valence-electron chi connectivity index (χ1n) is 8.98. The molecular formula is C21H19N5O2. The second-order valence-corrected chi connectivity index (χ2v) is 6.39. The van der Waals surface area contributed by atoms with Gasteiger partial charge in [0.1, 0.15) is 5.82 Å². The number of rotatable bonds is 7. The Hall–Kier alpha value is -3.74. The minimum Gasteiger partial charge on any atom is -0.481 e. The first-order valence-corrected chi connectivity index (χ1v) is 8.98. The third kappa shape index (κ3) is 3.83. The lowest BCUT2D eigenvalue weighted by atomic mass is 10.0. The van der Waals surface area contributed by atoms with Gasteiger partial charge in [0.25, 0.3) is 0 Å². The summed E-state index contributed by atoms with van der Waals surface area (Å²) >= 11 is 0. The molecule has 4 rings (SSSR count). The Labute approximate surface area is 161 Å². The van der Waals surface area contributed by atoms with Gasteiger partial charge in [-0.05, 0) is 35.7 Å². The molecule has 0 spiro atoms. The van der Waals surface area contributed by atoms with Crippen LogP contribution in [0.15, 0.2) is 67.1 Å². The SMILES string of the molecule is O=C(O)CCc1ccc(-c2cnn3c(NCc4ccccn4)ccnc23)cc1. The van der Waals surface area contributed by atoms with E-state index in [9.17, 15) is 4.79 Å². The number of nitrogens with one attached hydrogen (secondary N) is 1. The Morgan fingerprint density at radius 2 is 1.89 bits per heavy atom. The maximum atomic E-state index is 10.7. The van der Waals surface area contributed by atoms with E-state index >= 15 is 0 Å². The Morgan fingerprint density at radius 1 is 1.04 bits per heavy atom. The zero-order valence-corrected chi connectivity index (χ0v) is 15.1. The van der Waals surface area contributed by atoms with Crippen LogP contribution >= 0.6 is 0 Å². The summed E-state index contributed by atoms with van der Waals surface area (Å²) in [7, 11) is 0. The predicted molar refractivity (Wildman–Crippen MR) is 106 cm³/mol. The molecule has 28 heavy (non-hydrogen) atoms. The number of hydrogen-bond acceptors (Lipinski definition) is 5. The predicted octanol–water partition coefficient (Wildman–Crippen LogP) is 3.42. The summed E-state index contributed by atoms with van der Waals surface area (Å²) in [5.41, 5.74) is 4.60. The van der Waals surface area contributed by atoms with Crippen LogP contribution in [0.5, 0.6) is 0 Å². The highest BCUT2D eigenvalue weighted by atomic mass is 16.4. The Bertz CT molecular complexity index is 1090. The molecule has 0 saturated carbocycles. The molecule has 0 bridgehead atoms. The van der Waals surface area contributed by atoms with Crippen LogP contribution in [0, 0.1) is 0 Å². The van der Waals surface area contributed by atoms with E-state index in [-0.39, 0.29) is 6.42 Å². The highest BCUT2D eigenvalue weighted by Gasteiger charge is 2.11. The number of pyridine rings is 1. The highest BCUT2D eigenvalue weighted by molar-refractivity contribution is 5.78. The van der Waals surface area contributed by atoms with Gasteiger partial charge in [-0.15, -0.1) is 0 Å². The molecule has 0 saturated heterocycles. The van der Waals surface area contributed by atoms with Gasteiger partial charge >= 0.3 is 5.97 Å². The lowest BCUT2D eigenvalue weighted by Crippen LogP contribution is -2.06. The molecule has 1 aromatic carbocycles. The average Bonchev–Trinajstić information content (AvgIpc) is 3.16. The number of aryl methyl sites for hydroxylation is 1. The molecule has 0 aliphatic heterocycles. The zero-order valence-electron chi connectivity index (χ0n) is 15.1. The zero-order chi connectivity index (χ0) is 19.3. The summed E-state index contributed by atoms with van der Waals surface area (Å²) in [4.78, 5) is 19.5. The fraction of sp³-hybridized carbons (Fsp3) is 0.143. The van der Waals surface area contributed by atoms with Gasteiger partial charge in [0, 0.05) is 24.4 Å². The summed E-state index contributed by atoms with van der Waals surface area (Å²) in [6, 6.07) is 15.5. The van der Waals surface area contributed by atoms with E-state index in [1.165, 1.54) is 0 Å². The van der Waals surface area contributed by atoms with E-state index < -0.39 is 5.97 Å². The molecule has 4 aromatic rings. The largest absolute Gasteiger partial charge is 0.481 e. The molecule has 7 nitrogen and oxygen atoms in total. The molecule has 0 atom stereocenters. The van der Waals surface area contributed by atoms with Gasteiger partial charge in [0.05, 0.1) is 18.4 Å². The van der Waals surface area contributed by atoms with Gasteiger partial charge in [-0.2, -0.15) is 9.61 Å². The molecule has 7 heteroatoms. The molecule has 2 N–H and O–H groups in total. The molecule has 0 fully saturated rings. The fourth-order valence-corrected chi connectivity index (χ4v) is 3.02. The summed E-state index contributed by atoms with van der Waals surface area (Å²) in [5, 5.41) is 16.6. The second kappa shape index (κ2) is 7.87. The number of aliphatic carboxylic acids is 1. The lowest BCUT2D eigenvalue weighted by molar-refractivity contribution is -0.136. The van der Waals surface area contributed by atoms with Gasteiger partial charge in [0.15, 0.2) is 5.65 Å². The standard InChI is InChI=1S/C21H19N5O2/c27-20(28)9-6-15-4-7-16(8-5-15)18-14-25-26-19(10-12-23-21(18)26)24-13-17-3-1-2-11-22-17/h1-5,7-8,10-12,14,24H,6,9,13H2,(H,27,28). The minimum absolute atomic E-state index is 0.128. The minimum atomic E-state index is -0.790. The number of anilines is 1. The Kier molecular flexibility index (Phi) is 4.97. The van der Waals surface area contributed by atoms with Crippen LogP contribution in [-0.4, -0.2) is 30.7 Å². The van der Waals surface area contributed by atoms with Gasteiger partial charge < -0.3 is 10.4 Å². The van der Waals surface area contributed by atoms with Crippen molar-refractivity contribution < 1.29 is 9.90 Å². The quantitative estimate of drug-likeness (QED) is 0.516. The van der Waals surface area contributed by atoms with Gasteiger partial charge in [-0.1, -0.05) is 30.3 Å². The summed E-state index contributed by atoms with van der Waals surface area (Å²) in [6.45, 7) is 0.591. The molecule has 140 valence electrons. The van der Waals surface area contributed by atoms with Crippen LogP contribution in [0.4, 0.5) is 5.82 Å². The molecule has 3 aromatic heterocycles. The summed E-state index contributed by atoms with van der Waals surface area (Å²) in [5.74, 6) is 0.0432. The van der Waals surface area contributed by atoms with Crippen LogP contribution in [0.1, 0.15) is 17.7 Å². The summed E-state index contributed by atoms with van der Waals surface area (Å²) < 4.78 is 1.77. The van der Waals surface area contributed by atoms with Crippen molar-refractivity contribution in [2.75, 3.05) is 5.32 Å². The summed E-state index contributed by atoms with van der Waals surface area (Å²) in [6.07, 6.45) is 5.96. The van der Waals surface area contributed by atoms with E-state index in [2.05, 4.69) is 20.4 Å². The maximum Gasteiger partial charge on any atom is 0.303 e. The average molecular weight is 373 g/mol. The fourth-order valence-electron chi connectivity index (χ4n) is 3.02. The topological polar surface area (TPSA) is 92.4 Å². The van der Waals surface area contributed by atoms with E-state index in [1.807, 2.05) is 48.5 Å². The van der Waals surface area contributed by atoms with Crippen LogP contribution in [0.25, 0.3) is 16.8 Å². The molecule has 0 amide bonds. The van der Waals surface area contributed by atoms with Crippen LogP contribution in [-0.2, 0) is 17.8 Å². The van der Waals surface area contributed by atoms with Crippen LogP contribution < -0.4 is 5.32 Å². The third-order valence-electron chi connectivity index (χ3n) is 4.47. The Balaban J connectivity index is 1.56. The number of carboxylic acid groups (broad SMARTS) is 1. The van der Waals surface area contributed by atoms with Crippen molar-refractivity contribution in [1.29, 1.82) is 0 Å². The molecule has 0 unspecified atom stereocenters. The number of nitrogens with zero attached hydrogens (tertiary/aromatic N) is 4. The molecule has 0 aliphatic carbocycles. The van der Waals surface area contributed by atoms with E-state index in [0.29, 0.717) is 13.0 Å². The van der Waals surface area contributed by atoms with E-state index in [1.54, 1.807) is 23.1 Å².